The van der Waals surface area contributed by atoms with Crippen molar-refractivity contribution >= 4 is 17.4 Å². The van der Waals surface area contributed by atoms with Gasteiger partial charge in [0, 0.05) is 4.92 Å². The summed E-state index contributed by atoms with van der Waals surface area (Å²) in [6.45, 7) is -1.20. The predicted molar refractivity (Wildman–Crippen MR) is 57.8 cm³/mol. The van der Waals surface area contributed by atoms with Crippen molar-refractivity contribution in [3.05, 3.63) is 56.1 Å². The van der Waals surface area contributed by atoms with Gasteiger partial charge in [-0.25, -0.2) is 0 Å². The van der Waals surface area contributed by atoms with Crippen LogP contribution < -0.4 is 0 Å². The number of halogens is 1. The minimum Gasteiger partial charge on any atom is -0.282 e. The first-order valence-corrected chi connectivity index (χ1v) is 4.81. The van der Waals surface area contributed by atoms with Gasteiger partial charge >= 0.3 is 5.00 Å². The van der Waals surface area contributed by atoms with E-state index in [0.717, 1.165) is 0 Å². The Morgan fingerprint density at radius 1 is 1.24 bits per heavy atom. The fourth-order valence-electron chi connectivity index (χ4n) is 1.25. The molecule has 7 nitrogen and oxygen atoms in total. The van der Waals surface area contributed by atoms with Crippen molar-refractivity contribution in [1.29, 1.82) is 0 Å². The molecule has 0 aromatic heterocycles. The Morgan fingerprint density at radius 3 is 2.18 bits per heavy atom. The van der Waals surface area contributed by atoms with Crippen LogP contribution >= 0.6 is 11.6 Å². The first kappa shape index (κ1) is 13.0. The minimum atomic E-state index is -2.60. The van der Waals surface area contributed by atoms with Gasteiger partial charge in [-0.3, -0.25) is 25.0 Å². The van der Waals surface area contributed by atoms with Crippen molar-refractivity contribution in [2.75, 3.05) is 6.54 Å². The number of hydrogen-bond donors (Lipinski definition) is 0. The molecule has 0 heterocycles. The number of carbonyl (C=O) groups excluding carboxylic acids is 1. The summed E-state index contributed by atoms with van der Waals surface area (Å²) >= 11 is 5.64. The molecule has 0 amide bonds. The SMILES string of the molecule is O=C(C[N+](=O)[O-])C(Cl)(c1ccccc1)[N+](=O)[O-]. The van der Waals surface area contributed by atoms with Crippen molar-refractivity contribution in [3.8, 4) is 0 Å². The topological polar surface area (TPSA) is 103 Å². The van der Waals surface area contributed by atoms with Crippen LogP contribution in [0.3, 0.4) is 0 Å². The van der Waals surface area contributed by atoms with Crippen molar-refractivity contribution in [2.45, 2.75) is 5.00 Å². The fraction of sp³-hybridized carbons (Fsp3) is 0.222. The van der Waals surface area contributed by atoms with Gasteiger partial charge in [0.15, 0.2) is 0 Å². The molecule has 17 heavy (non-hydrogen) atoms. The van der Waals surface area contributed by atoms with Crippen LogP contribution in [-0.2, 0) is 9.79 Å². The van der Waals surface area contributed by atoms with Crippen molar-refractivity contribution < 1.29 is 14.6 Å². The van der Waals surface area contributed by atoms with E-state index in [4.69, 9.17) is 11.6 Å². The zero-order valence-corrected chi connectivity index (χ0v) is 9.16. The standard InChI is InChI=1S/C9H7ClN2O5/c10-9(12(16)17,8(13)6-11(14)15)7-4-2-1-3-5-7/h1-5H,6H2. The molecule has 8 heteroatoms. The van der Waals surface area contributed by atoms with Gasteiger partial charge in [-0.2, -0.15) is 0 Å². The summed E-state index contributed by atoms with van der Waals surface area (Å²) in [6.07, 6.45) is 0. The molecular formula is C9H7ClN2O5. The van der Waals surface area contributed by atoms with Gasteiger partial charge in [-0.05, 0) is 23.7 Å². The van der Waals surface area contributed by atoms with E-state index in [2.05, 4.69) is 0 Å². The lowest BCUT2D eigenvalue weighted by Gasteiger charge is -2.15. The van der Waals surface area contributed by atoms with E-state index in [-0.39, 0.29) is 5.56 Å². The molecule has 1 aromatic carbocycles. The van der Waals surface area contributed by atoms with Gasteiger partial charge in [-0.15, -0.1) is 0 Å². The molecular weight excluding hydrogens is 252 g/mol. The summed E-state index contributed by atoms with van der Waals surface area (Å²) in [5, 5.41) is 21.1. The lowest BCUT2D eigenvalue weighted by atomic mass is 10.0. The van der Waals surface area contributed by atoms with Gasteiger partial charge < -0.3 is 0 Å². The second kappa shape index (κ2) is 4.88. The maximum Gasteiger partial charge on any atom is 0.384 e. The third-order valence-corrected chi connectivity index (χ3v) is 2.62. The van der Waals surface area contributed by atoms with E-state index in [1.54, 1.807) is 6.07 Å². The number of nitro groups is 2. The van der Waals surface area contributed by atoms with E-state index in [9.17, 15) is 25.0 Å². The van der Waals surface area contributed by atoms with Crippen LogP contribution in [0.25, 0.3) is 0 Å². The van der Waals surface area contributed by atoms with Crippen molar-refractivity contribution in [3.63, 3.8) is 0 Å². The predicted octanol–water partition coefficient (Wildman–Crippen LogP) is 1.20. The molecule has 0 N–H and O–H groups in total. The van der Waals surface area contributed by atoms with E-state index >= 15 is 0 Å². The first-order valence-electron chi connectivity index (χ1n) is 4.43. The van der Waals surface area contributed by atoms with Crippen LogP contribution in [-0.4, -0.2) is 22.2 Å². The quantitative estimate of drug-likeness (QED) is 0.342. The molecule has 0 aliphatic carbocycles. The van der Waals surface area contributed by atoms with Crippen LogP contribution in [0, 0.1) is 20.2 Å². The monoisotopic (exact) mass is 258 g/mol. The maximum absolute atomic E-state index is 11.5. The molecule has 1 unspecified atom stereocenters. The van der Waals surface area contributed by atoms with Gasteiger partial charge in [0.05, 0.1) is 10.5 Å². The Bertz CT molecular complexity index is 464. The summed E-state index contributed by atoms with van der Waals surface area (Å²) in [6, 6.07) is 7.03. The van der Waals surface area contributed by atoms with Crippen LogP contribution in [0.1, 0.15) is 5.56 Å². The second-order valence-corrected chi connectivity index (χ2v) is 3.71. The number of hydrogen-bond acceptors (Lipinski definition) is 5. The fourth-order valence-corrected chi connectivity index (χ4v) is 1.43. The highest BCUT2D eigenvalue weighted by Gasteiger charge is 2.52. The number of ketones is 1. The number of carbonyl (C=O) groups is 1. The molecule has 0 spiro atoms. The normalized spacial score (nSPS) is 13.7. The third kappa shape index (κ3) is 2.56. The zero-order chi connectivity index (χ0) is 13.1. The Kier molecular flexibility index (Phi) is 3.74. The Hall–Kier alpha value is -2.02. The van der Waals surface area contributed by atoms with Gasteiger partial charge in [0.2, 0.25) is 0 Å². The summed E-state index contributed by atoms with van der Waals surface area (Å²) < 4.78 is 0. The first-order chi connectivity index (χ1) is 7.89. The second-order valence-electron chi connectivity index (χ2n) is 3.16. The summed E-state index contributed by atoms with van der Waals surface area (Å²) in [5.41, 5.74) is -0.0986. The summed E-state index contributed by atoms with van der Waals surface area (Å²) in [5.74, 6) is -1.28. The van der Waals surface area contributed by atoms with E-state index < -0.39 is 27.2 Å². The van der Waals surface area contributed by atoms with Crippen LogP contribution in [0.15, 0.2) is 30.3 Å². The average molecular weight is 259 g/mol. The number of Topliss-reactive ketones (excluding diaryl/α,β-unsaturated/α-hetero) is 1. The molecule has 1 rings (SSSR count). The molecule has 0 saturated carbocycles. The van der Waals surface area contributed by atoms with Gasteiger partial charge in [-0.1, -0.05) is 18.2 Å². The number of benzene rings is 1. The Labute approximate surface area is 100 Å². The highest BCUT2D eigenvalue weighted by atomic mass is 35.5. The average Bonchev–Trinajstić information content (AvgIpc) is 2.27. The molecule has 0 saturated heterocycles. The van der Waals surface area contributed by atoms with E-state index in [1.807, 2.05) is 0 Å². The van der Waals surface area contributed by atoms with Crippen LogP contribution in [0.4, 0.5) is 0 Å². The molecule has 0 aliphatic heterocycles. The summed E-state index contributed by atoms with van der Waals surface area (Å²) in [7, 11) is 0. The largest absolute Gasteiger partial charge is 0.384 e. The molecule has 90 valence electrons. The van der Waals surface area contributed by atoms with Crippen molar-refractivity contribution in [2.24, 2.45) is 0 Å². The highest BCUT2D eigenvalue weighted by molar-refractivity contribution is 6.33. The number of nitrogens with zero attached hydrogens (tertiary/aromatic N) is 2. The number of alkyl halides is 1. The van der Waals surface area contributed by atoms with Gasteiger partial charge in [0.25, 0.3) is 12.3 Å². The molecule has 0 aliphatic rings. The Balaban J connectivity index is 3.20. The molecule has 1 atom stereocenters. The van der Waals surface area contributed by atoms with Crippen LogP contribution in [0.2, 0.25) is 0 Å². The van der Waals surface area contributed by atoms with Crippen LogP contribution in [0.5, 0.6) is 0 Å². The van der Waals surface area contributed by atoms with Crippen molar-refractivity contribution in [1.82, 2.24) is 0 Å². The summed E-state index contributed by atoms with van der Waals surface area (Å²) in [4.78, 5) is 28.0. The Morgan fingerprint density at radius 2 is 1.76 bits per heavy atom. The van der Waals surface area contributed by atoms with E-state index in [0.29, 0.717) is 0 Å². The molecule has 0 fully saturated rings. The molecule has 0 radical (unpaired) electrons. The maximum atomic E-state index is 11.5. The minimum absolute atomic E-state index is 0.0986. The lowest BCUT2D eigenvalue weighted by molar-refractivity contribution is -0.539. The smallest absolute Gasteiger partial charge is 0.282 e. The molecule has 1 aromatic rings. The third-order valence-electron chi connectivity index (χ3n) is 2.05. The van der Waals surface area contributed by atoms with Gasteiger partial charge in [0.1, 0.15) is 0 Å². The molecule has 0 bridgehead atoms. The zero-order valence-electron chi connectivity index (χ0n) is 8.41. The van der Waals surface area contributed by atoms with E-state index in [1.165, 1.54) is 24.3 Å². The number of rotatable bonds is 5. The lowest BCUT2D eigenvalue weighted by Crippen LogP contribution is -2.41. The highest BCUT2D eigenvalue weighted by Crippen LogP contribution is 2.30.